The highest BCUT2D eigenvalue weighted by atomic mass is 35.5. The fraction of sp³-hybridized carbons (Fsp3) is 0.115. The molecule has 3 amide bonds. The molecule has 0 aliphatic carbocycles. The molecule has 2 heterocycles. The van der Waals surface area contributed by atoms with Crippen molar-refractivity contribution in [3.63, 3.8) is 0 Å². The smallest absolute Gasteiger partial charge is 0.262 e. The van der Waals surface area contributed by atoms with Crippen molar-refractivity contribution in [1.29, 1.82) is 0 Å². The summed E-state index contributed by atoms with van der Waals surface area (Å²) in [6.07, 6.45) is 1.60. The van der Waals surface area contributed by atoms with E-state index in [2.05, 4.69) is 10.2 Å². The summed E-state index contributed by atoms with van der Waals surface area (Å²) < 4.78 is 5.96. The van der Waals surface area contributed by atoms with Gasteiger partial charge in [-0.3, -0.25) is 19.3 Å². The van der Waals surface area contributed by atoms with Crippen molar-refractivity contribution in [2.75, 3.05) is 18.5 Å². The summed E-state index contributed by atoms with van der Waals surface area (Å²) in [4.78, 5) is 40.6. The highest BCUT2D eigenvalue weighted by Gasteiger charge is 2.37. The van der Waals surface area contributed by atoms with Gasteiger partial charge in [0.25, 0.3) is 11.8 Å². The number of carbonyl (C=O) groups excluding carboxylic acids is 3. The van der Waals surface area contributed by atoms with E-state index in [4.69, 9.17) is 27.9 Å². The van der Waals surface area contributed by atoms with Gasteiger partial charge in [0.1, 0.15) is 24.4 Å². The van der Waals surface area contributed by atoms with Gasteiger partial charge in [-0.1, -0.05) is 47.5 Å². The van der Waals surface area contributed by atoms with Crippen molar-refractivity contribution in [3.8, 4) is 5.75 Å². The molecule has 0 spiro atoms. The highest BCUT2D eigenvalue weighted by Crippen LogP contribution is 2.35. The lowest BCUT2D eigenvalue weighted by molar-refractivity contribution is -0.118. The maximum absolute atomic E-state index is 13.1. The molecule has 1 aliphatic heterocycles. The van der Waals surface area contributed by atoms with E-state index in [1.54, 1.807) is 48.7 Å². The van der Waals surface area contributed by atoms with Crippen LogP contribution in [0.25, 0.3) is 10.9 Å². The molecule has 10 heteroatoms. The Bertz CT molecular complexity index is 1500. The topological polar surface area (TPSA) is 92.7 Å². The van der Waals surface area contributed by atoms with Crippen molar-refractivity contribution in [2.24, 2.45) is 0 Å². The Morgan fingerprint density at radius 2 is 1.69 bits per heavy atom. The second-order valence-corrected chi connectivity index (χ2v) is 8.85. The van der Waals surface area contributed by atoms with Gasteiger partial charge in [0.05, 0.1) is 28.0 Å². The fourth-order valence-electron chi connectivity index (χ4n) is 3.99. The van der Waals surface area contributed by atoms with Gasteiger partial charge in [-0.05, 0) is 36.4 Å². The molecule has 0 atom stereocenters. The van der Waals surface area contributed by atoms with Crippen molar-refractivity contribution in [2.45, 2.75) is 6.61 Å². The van der Waals surface area contributed by atoms with Crippen LogP contribution in [0.2, 0.25) is 10.0 Å². The number of benzene rings is 3. The van der Waals surface area contributed by atoms with Crippen molar-refractivity contribution in [3.05, 3.63) is 93.6 Å². The third-order valence-corrected chi connectivity index (χ3v) is 6.73. The molecule has 180 valence electrons. The molecule has 0 bridgehead atoms. The van der Waals surface area contributed by atoms with Gasteiger partial charge in [-0.25, -0.2) is 0 Å². The van der Waals surface area contributed by atoms with E-state index in [9.17, 15) is 14.4 Å². The predicted molar refractivity (Wildman–Crippen MR) is 136 cm³/mol. The van der Waals surface area contributed by atoms with Gasteiger partial charge >= 0.3 is 0 Å². The fourth-order valence-corrected chi connectivity index (χ4v) is 4.59. The number of carbonyl (C=O) groups is 3. The van der Waals surface area contributed by atoms with Crippen LogP contribution >= 0.6 is 23.2 Å². The number of likely N-dealkylation sites (N-methyl/N-ethyl adjacent to an activating group) is 1. The molecular weight excluding hydrogens is 503 g/mol. The molecule has 36 heavy (non-hydrogen) atoms. The third kappa shape index (κ3) is 4.14. The van der Waals surface area contributed by atoms with Crippen molar-refractivity contribution < 1.29 is 19.1 Å². The molecule has 3 aromatic carbocycles. The van der Waals surface area contributed by atoms with Crippen LogP contribution < -0.4 is 9.64 Å². The van der Waals surface area contributed by atoms with Gasteiger partial charge in [-0.2, -0.15) is 5.10 Å². The number of hydrogen-bond donors (Lipinski definition) is 0. The Morgan fingerprint density at radius 3 is 2.42 bits per heavy atom. The first kappa shape index (κ1) is 23.7. The Hall–Kier alpha value is -4.01. The van der Waals surface area contributed by atoms with Gasteiger partial charge in [0, 0.05) is 23.0 Å². The second kappa shape index (κ2) is 9.56. The summed E-state index contributed by atoms with van der Waals surface area (Å²) in [6.45, 7) is -0.413. The Balaban J connectivity index is 1.35. The van der Waals surface area contributed by atoms with Gasteiger partial charge in [0.2, 0.25) is 5.91 Å². The van der Waals surface area contributed by atoms with Crippen LogP contribution in [0.15, 0.2) is 66.9 Å². The van der Waals surface area contributed by atoms with E-state index in [1.165, 1.54) is 11.9 Å². The van der Waals surface area contributed by atoms with Crippen LogP contribution in [0.4, 0.5) is 5.69 Å². The number of ether oxygens (including phenoxy) is 1. The lowest BCUT2D eigenvalue weighted by Gasteiger charge is -2.23. The number of amides is 3. The number of halogens is 2. The minimum atomic E-state index is -0.508. The summed E-state index contributed by atoms with van der Waals surface area (Å²) in [5, 5.41) is 9.48. The quantitative estimate of drug-likeness (QED) is 0.340. The number of nitrogens with zero attached hydrogens (tertiary/aromatic N) is 4. The zero-order valence-electron chi connectivity index (χ0n) is 18.9. The molecule has 1 aliphatic rings. The van der Waals surface area contributed by atoms with Crippen LogP contribution in [0.1, 0.15) is 26.3 Å². The monoisotopic (exact) mass is 520 g/mol. The minimum absolute atomic E-state index is 0.0155. The van der Waals surface area contributed by atoms with E-state index in [0.29, 0.717) is 27.5 Å². The first-order chi connectivity index (χ1) is 17.4. The van der Waals surface area contributed by atoms with Gasteiger partial charge in [-0.15, -0.1) is 5.10 Å². The zero-order chi connectivity index (χ0) is 25.4. The number of aromatic nitrogens is 2. The maximum atomic E-state index is 13.1. The second-order valence-electron chi connectivity index (χ2n) is 8.07. The normalized spacial score (nSPS) is 12.7. The lowest BCUT2D eigenvalue weighted by Crippen LogP contribution is -2.41. The number of imide groups is 1. The minimum Gasteiger partial charge on any atom is -0.486 e. The van der Waals surface area contributed by atoms with Gasteiger partial charge in [0.15, 0.2) is 0 Å². The Morgan fingerprint density at radius 1 is 0.972 bits per heavy atom. The highest BCUT2D eigenvalue weighted by molar-refractivity contribution is 6.38. The van der Waals surface area contributed by atoms with Crippen LogP contribution in [0, 0.1) is 0 Å². The standard InChI is InChI=1S/C26H18Cl2N4O4/c1-31(22(33)13-32-25(34)16-6-2-3-7-17(16)26(32)35)20-10-9-19(27)18(23(20)28)14-36-21-8-4-5-15-11-12-29-30-24(15)21/h2-12H,13-14H2,1H3. The van der Waals surface area contributed by atoms with Crippen molar-refractivity contribution in [1.82, 2.24) is 15.1 Å². The maximum Gasteiger partial charge on any atom is 0.262 e. The molecule has 0 unspecified atom stereocenters. The molecule has 0 N–H and O–H groups in total. The lowest BCUT2D eigenvalue weighted by atomic mass is 10.1. The first-order valence-electron chi connectivity index (χ1n) is 10.9. The molecule has 1 aromatic heterocycles. The van der Waals surface area contributed by atoms with E-state index >= 15 is 0 Å². The summed E-state index contributed by atoms with van der Waals surface area (Å²) in [6, 6.07) is 17.0. The predicted octanol–water partition coefficient (Wildman–Crippen LogP) is 4.77. The van der Waals surface area contributed by atoms with E-state index in [-0.39, 0.29) is 22.8 Å². The van der Waals surface area contributed by atoms with E-state index in [0.717, 1.165) is 10.3 Å². The SMILES string of the molecule is CN(C(=O)CN1C(=O)c2ccccc2C1=O)c1ccc(Cl)c(COc2cccc3ccnnc23)c1Cl. The molecule has 0 radical (unpaired) electrons. The van der Waals surface area contributed by atoms with Crippen LogP contribution in [0.3, 0.4) is 0 Å². The van der Waals surface area contributed by atoms with Crippen LogP contribution in [-0.2, 0) is 11.4 Å². The molecule has 8 nitrogen and oxygen atoms in total. The van der Waals surface area contributed by atoms with Crippen LogP contribution in [0.5, 0.6) is 5.75 Å². The number of hydrogen-bond acceptors (Lipinski definition) is 6. The van der Waals surface area contributed by atoms with Gasteiger partial charge < -0.3 is 9.64 Å². The summed E-state index contributed by atoms with van der Waals surface area (Å²) >= 11 is 13.1. The molecule has 0 fully saturated rings. The Labute approximate surface area is 216 Å². The average Bonchev–Trinajstić information content (AvgIpc) is 3.13. The Kier molecular flexibility index (Phi) is 6.30. The number of rotatable bonds is 6. The summed E-state index contributed by atoms with van der Waals surface area (Å²) in [7, 11) is 1.51. The molecule has 5 rings (SSSR count). The largest absolute Gasteiger partial charge is 0.486 e. The first-order valence-corrected chi connectivity index (χ1v) is 11.6. The average molecular weight is 521 g/mol. The summed E-state index contributed by atoms with van der Waals surface area (Å²) in [5.41, 5.74) is 1.98. The van der Waals surface area contributed by atoms with Crippen LogP contribution in [-0.4, -0.2) is 46.4 Å². The molecule has 4 aromatic rings. The van der Waals surface area contributed by atoms with Crippen molar-refractivity contribution >= 4 is 57.5 Å². The third-order valence-electron chi connectivity index (χ3n) is 5.95. The molecule has 0 saturated heterocycles. The number of fused-ring (bicyclic) bond motifs is 2. The molecular formula is C26H18Cl2N4O4. The zero-order valence-corrected chi connectivity index (χ0v) is 20.5. The molecule has 0 saturated carbocycles. The van der Waals surface area contributed by atoms with E-state index < -0.39 is 24.3 Å². The summed E-state index contributed by atoms with van der Waals surface area (Å²) in [5.74, 6) is -1.00. The van der Waals surface area contributed by atoms with E-state index in [1.807, 2.05) is 18.2 Å². The number of anilines is 1.